The number of aromatic nitrogens is 1. The summed E-state index contributed by atoms with van der Waals surface area (Å²) in [4.78, 5) is 32.0. The van der Waals surface area contributed by atoms with Crippen molar-refractivity contribution in [1.29, 1.82) is 0 Å². The summed E-state index contributed by atoms with van der Waals surface area (Å²) < 4.78 is 7.67. The third-order valence-corrected chi connectivity index (χ3v) is 7.08. The summed E-state index contributed by atoms with van der Waals surface area (Å²) in [6.45, 7) is 11.9. The Morgan fingerprint density at radius 3 is 2.31 bits per heavy atom. The quantitative estimate of drug-likeness (QED) is 0.458. The molecule has 2 aromatic carbocycles. The van der Waals surface area contributed by atoms with Crippen LogP contribution in [0, 0.1) is 0 Å². The van der Waals surface area contributed by atoms with Crippen LogP contribution in [0.4, 0.5) is 0 Å². The van der Waals surface area contributed by atoms with Crippen LogP contribution < -0.4 is 14.9 Å². The Bertz CT molecular complexity index is 1470. The lowest BCUT2D eigenvalue weighted by Crippen LogP contribution is -2.40. The van der Waals surface area contributed by atoms with E-state index in [4.69, 9.17) is 16.3 Å². The predicted molar refractivity (Wildman–Crippen MR) is 142 cm³/mol. The number of esters is 1. The molecule has 0 amide bonds. The maximum absolute atomic E-state index is 13.7. The zero-order chi connectivity index (χ0) is 25.5. The molecular weight excluding hydrogens is 480 g/mol. The van der Waals surface area contributed by atoms with Gasteiger partial charge in [0.05, 0.1) is 27.9 Å². The molecule has 0 aliphatic carbocycles. The average molecular weight is 509 g/mol. The van der Waals surface area contributed by atoms with E-state index >= 15 is 0 Å². The normalized spacial score (nSPS) is 16.3. The molecule has 1 atom stereocenters. The summed E-state index contributed by atoms with van der Waals surface area (Å²) in [5, 5.41) is 0.576. The minimum absolute atomic E-state index is 0.0506. The molecule has 0 bridgehead atoms. The lowest BCUT2D eigenvalue weighted by molar-refractivity contribution is -0.143. The van der Waals surface area contributed by atoms with Crippen LogP contribution in [0.25, 0.3) is 6.08 Å². The number of ether oxygens (including phenoxy) is 1. The largest absolute Gasteiger partial charge is 0.459 e. The Labute approximate surface area is 214 Å². The van der Waals surface area contributed by atoms with Crippen LogP contribution in [-0.2, 0) is 14.9 Å². The third kappa shape index (κ3) is 5.19. The van der Waals surface area contributed by atoms with E-state index in [1.54, 1.807) is 37.5 Å². The Balaban J connectivity index is 1.88. The topological polar surface area (TPSA) is 60.7 Å². The van der Waals surface area contributed by atoms with Gasteiger partial charge in [-0.2, -0.15) is 0 Å². The van der Waals surface area contributed by atoms with E-state index in [1.807, 2.05) is 30.3 Å². The van der Waals surface area contributed by atoms with Crippen molar-refractivity contribution in [1.82, 2.24) is 4.57 Å². The van der Waals surface area contributed by atoms with E-state index in [2.05, 4.69) is 37.9 Å². The first kappa shape index (κ1) is 25.1. The lowest BCUT2D eigenvalue weighted by atomic mass is 9.87. The molecule has 7 heteroatoms. The number of thiazole rings is 1. The maximum Gasteiger partial charge on any atom is 0.338 e. The number of halogens is 1. The lowest BCUT2D eigenvalue weighted by Gasteiger charge is -2.25. The smallest absolute Gasteiger partial charge is 0.338 e. The standard InChI is InChI=1S/C28H29ClN2O3S/c1-16(2)34-26(33)23-17(3)30-27-31(24(23)19-9-13-21(29)14-10-19)25(32)22(35-27)15-18-7-11-20(12-8-18)28(4,5)6/h7-16,24H,1-6H3. The van der Waals surface area contributed by atoms with Gasteiger partial charge >= 0.3 is 5.97 Å². The fourth-order valence-corrected chi connectivity index (χ4v) is 5.22. The molecule has 0 saturated heterocycles. The third-order valence-electron chi connectivity index (χ3n) is 5.84. The monoisotopic (exact) mass is 508 g/mol. The number of benzene rings is 2. The molecule has 0 N–H and O–H groups in total. The van der Waals surface area contributed by atoms with E-state index in [-0.39, 0.29) is 17.1 Å². The molecule has 5 nitrogen and oxygen atoms in total. The van der Waals surface area contributed by atoms with E-state index in [1.165, 1.54) is 16.9 Å². The van der Waals surface area contributed by atoms with Crippen molar-refractivity contribution in [3.05, 3.63) is 101 Å². The van der Waals surface area contributed by atoms with E-state index in [0.29, 0.717) is 25.6 Å². The number of fused-ring (bicyclic) bond motifs is 1. The summed E-state index contributed by atoms with van der Waals surface area (Å²) >= 11 is 7.43. The molecule has 0 fully saturated rings. The van der Waals surface area contributed by atoms with E-state index < -0.39 is 12.0 Å². The van der Waals surface area contributed by atoms with Crippen molar-refractivity contribution in [2.45, 2.75) is 59.1 Å². The highest BCUT2D eigenvalue weighted by molar-refractivity contribution is 7.07. The number of carbonyl (C=O) groups excluding carboxylic acids is 1. The molecule has 182 valence electrons. The van der Waals surface area contributed by atoms with Crippen LogP contribution in [0.3, 0.4) is 0 Å². The van der Waals surface area contributed by atoms with Gasteiger partial charge in [0, 0.05) is 5.02 Å². The van der Waals surface area contributed by atoms with Gasteiger partial charge in [0.2, 0.25) is 0 Å². The maximum atomic E-state index is 13.7. The highest BCUT2D eigenvalue weighted by Crippen LogP contribution is 2.31. The van der Waals surface area contributed by atoms with Gasteiger partial charge in [0.1, 0.15) is 0 Å². The van der Waals surface area contributed by atoms with Gasteiger partial charge in [-0.15, -0.1) is 0 Å². The van der Waals surface area contributed by atoms with Crippen molar-refractivity contribution < 1.29 is 9.53 Å². The molecule has 35 heavy (non-hydrogen) atoms. The zero-order valence-corrected chi connectivity index (χ0v) is 22.3. The second kappa shape index (κ2) is 9.59. The number of hydrogen-bond donors (Lipinski definition) is 0. The van der Waals surface area contributed by atoms with Gasteiger partial charge in [-0.05, 0) is 61.1 Å². The fourth-order valence-electron chi connectivity index (χ4n) is 4.05. The Morgan fingerprint density at radius 1 is 1.11 bits per heavy atom. The molecule has 2 heterocycles. The van der Waals surface area contributed by atoms with Crippen molar-refractivity contribution in [3.8, 4) is 0 Å². The van der Waals surface area contributed by atoms with Gasteiger partial charge in [0.25, 0.3) is 5.56 Å². The van der Waals surface area contributed by atoms with Crippen molar-refractivity contribution in [3.63, 3.8) is 0 Å². The van der Waals surface area contributed by atoms with Gasteiger partial charge in [-0.3, -0.25) is 9.36 Å². The zero-order valence-electron chi connectivity index (χ0n) is 20.8. The molecule has 1 aliphatic rings. The van der Waals surface area contributed by atoms with Crippen LogP contribution in [-0.4, -0.2) is 16.6 Å². The molecule has 0 saturated carbocycles. The van der Waals surface area contributed by atoms with Crippen molar-refractivity contribution >= 4 is 35.0 Å². The first-order valence-corrected chi connectivity index (χ1v) is 12.7. The van der Waals surface area contributed by atoms with Crippen molar-refractivity contribution in [2.24, 2.45) is 4.99 Å². The minimum atomic E-state index is -0.653. The average Bonchev–Trinajstić information content (AvgIpc) is 3.07. The van der Waals surface area contributed by atoms with E-state index in [0.717, 1.165) is 11.1 Å². The summed E-state index contributed by atoms with van der Waals surface area (Å²) in [6.07, 6.45) is 1.58. The number of carbonyl (C=O) groups is 1. The van der Waals surface area contributed by atoms with Gasteiger partial charge in [0.15, 0.2) is 4.80 Å². The molecule has 1 unspecified atom stereocenters. The van der Waals surface area contributed by atoms with Crippen LogP contribution >= 0.6 is 22.9 Å². The summed E-state index contributed by atoms with van der Waals surface area (Å²) in [7, 11) is 0. The second-order valence-electron chi connectivity index (χ2n) is 9.96. The van der Waals surface area contributed by atoms with Crippen LogP contribution in [0.2, 0.25) is 5.02 Å². The summed E-state index contributed by atoms with van der Waals surface area (Å²) in [5.74, 6) is -0.478. The summed E-state index contributed by atoms with van der Waals surface area (Å²) in [6, 6.07) is 14.7. The molecule has 1 aliphatic heterocycles. The number of hydrogen-bond acceptors (Lipinski definition) is 5. The molecular formula is C28H29ClN2O3S. The molecule has 0 radical (unpaired) electrons. The number of allylic oxidation sites excluding steroid dienone is 1. The first-order valence-electron chi connectivity index (χ1n) is 11.6. The van der Waals surface area contributed by atoms with Gasteiger partial charge in [-0.1, -0.05) is 80.1 Å². The highest BCUT2D eigenvalue weighted by atomic mass is 35.5. The number of nitrogens with zero attached hydrogens (tertiary/aromatic N) is 2. The molecule has 1 aromatic heterocycles. The Morgan fingerprint density at radius 2 is 1.74 bits per heavy atom. The Kier molecular flexibility index (Phi) is 6.89. The number of rotatable bonds is 4. The van der Waals surface area contributed by atoms with Crippen LogP contribution in [0.15, 0.2) is 69.6 Å². The van der Waals surface area contributed by atoms with Crippen molar-refractivity contribution in [2.75, 3.05) is 0 Å². The highest BCUT2D eigenvalue weighted by Gasteiger charge is 2.33. The predicted octanol–water partition coefficient (Wildman–Crippen LogP) is 5.14. The molecule has 3 aromatic rings. The second-order valence-corrected chi connectivity index (χ2v) is 11.4. The van der Waals surface area contributed by atoms with Crippen LogP contribution in [0.1, 0.15) is 64.3 Å². The first-order chi connectivity index (χ1) is 16.5. The fraction of sp³-hybridized carbons (Fsp3) is 0.321. The van der Waals surface area contributed by atoms with E-state index in [9.17, 15) is 9.59 Å². The molecule has 4 rings (SSSR count). The van der Waals surface area contributed by atoms with Crippen LogP contribution in [0.5, 0.6) is 0 Å². The summed E-state index contributed by atoms with van der Waals surface area (Å²) in [5.41, 5.74) is 3.67. The molecule has 0 spiro atoms. The van der Waals surface area contributed by atoms with Gasteiger partial charge in [-0.25, -0.2) is 9.79 Å². The Hall–Kier alpha value is -2.96. The SMILES string of the molecule is CC1=C(C(=O)OC(C)C)C(c2ccc(Cl)cc2)n2c(sc(=Cc3ccc(C(C)(C)C)cc3)c2=O)=N1. The minimum Gasteiger partial charge on any atom is -0.459 e. The van der Waals surface area contributed by atoms with Gasteiger partial charge < -0.3 is 4.74 Å².